The van der Waals surface area contributed by atoms with Crippen molar-refractivity contribution >= 4 is 27.6 Å². The standard InChI is InChI=1S/C14H16BrN5O/c1-21-11-8-17-14(18-9-11)20-6-4-19(5-7-20)13-2-3-16-10-12(13)15/h2-3,8-10H,4-7H2,1H3. The molecule has 1 aliphatic rings. The van der Waals surface area contributed by atoms with Gasteiger partial charge in [-0.05, 0) is 22.0 Å². The summed E-state index contributed by atoms with van der Waals surface area (Å²) < 4.78 is 6.11. The third-order valence-corrected chi connectivity index (χ3v) is 4.12. The first-order valence-corrected chi connectivity index (χ1v) is 7.52. The van der Waals surface area contributed by atoms with E-state index in [1.54, 1.807) is 19.5 Å². The molecule has 2 aromatic rings. The highest BCUT2D eigenvalue weighted by molar-refractivity contribution is 9.10. The molecule has 0 bridgehead atoms. The van der Waals surface area contributed by atoms with Crippen LogP contribution in [0.25, 0.3) is 0 Å². The van der Waals surface area contributed by atoms with E-state index in [1.807, 2.05) is 18.5 Å². The van der Waals surface area contributed by atoms with E-state index in [2.05, 4.69) is 40.7 Å². The monoisotopic (exact) mass is 349 g/mol. The molecule has 0 unspecified atom stereocenters. The van der Waals surface area contributed by atoms with Crippen LogP contribution in [0.5, 0.6) is 5.75 Å². The number of nitrogens with zero attached hydrogens (tertiary/aromatic N) is 5. The van der Waals surface area contributed by atoms with Crippen molar-refractivity contribution in [1.29, 1.82) is 0 Å². The van der Waals surface area contributed by atoms with Crippen LogP contribution in [-0.2, 0) is 0 Å². The molecule has 1 aliphatic heterocycles. The highest BCUT2D eigenvalue weighted by Crippen LogP contribution is 2.26. The molecule has 2 aromatic heterocycles. The molecule has 0 spiro atoms. The molecular weight excluding hydrogens is 334 g/mol. The zero-order chi connectivity index (χ0) is 14.7. The second-order valence-corrected chi connectivity index (χ2v) is 5.58. The number of methoxy groups -OCH3 is 1. The summed E-state index contributed by atoms with van der Waals surface area (Å²) in [4.78, 5) is 17.3. The first kappa shape index (κ1) is 14.1. The Hall–Kier alpha value is -1.89. The number of hydrogen-bond donors (Lipinski definition) is 0. The summed E-state index contributed by atoms with van der Waals surface area (Å²) in [7, 11) is 1.61. The van der Waals surface area contributed by atoms with Gasteiger partial charge < -0.3 is 14.5 Å². The molecule has 3 rings (SSSR count). The average Bonchev–Trinajstić information content (AvgIpc) is 2.56. The number of ether oxygens (including phenoxy) is 1. The van der Waals surface area contributed by atoms with Crippen molar-refractivity contribution in [3.63, 3.8) is 0 Å². The fourth-order valence-electron chi connectivity index (χ4n) is 2.35. The van der Waals surface area contributed by atoms with Crippen LogP contribution >= 0.6 is 15.9 Å². The fourth-order valence-corrected chi connectivity index (χ4v) is 2.85. The Labute approximate surface area is 131 Å². The lowest BCUT2D eigenvalue weighted by Gasteiger charge is -2.36. The molecule has 1 fully saturated rings. The van der Waals surface area contributed by atoms with Crippen molar-refractivity contribution in [2.75, 3.05) is 43.1 Å². The molecule has 21 heavy (non-hydrogen) atoms. The van der Waals surface area contributed by atoms with E-state index < -0.39 is 0 Å². The van der Waals surface area contributed by atoms with Crippen LogP contribution in [0, 0.1) is 0 Å². The lowest BCUT2D eigenvalue weighted by molar-refractivity contribution is 0.410. The van der Waals surface area contributed by atoms with Gasteiger partial charge in [0.05, 0.1) is 29.7 Å². The highest BCUT2D eigenvalue weighted by Gasteiger charge is 2.20. The van der Waals surface area contributed by atoms with Crippen LogP contribution in [-0.4, -0.2) is 48.2 Å². The molecule has 1 saturated heterocycles. The van der Waals surface area contributed by atoms with Gasteiger partial charge in [0.1, 0.15) is 0 Å². The summed E-state index contributed by atoms with van der Waals surface area (Å²) in [5.74, 6) is 1.43. The maximum atomic E-state index is 5.08. The van der Waals surface area contributed by atoms with Crippen LogP contribution in [0.2, 0.25) is 0 Å². The molecule has 0 amide bonds. The van der Waals surface area contributed by atoms with Gasteiger partial charge in [0.25, 0.3) is 0 Å². The zero-order valence-electron chi connectivity index (χ0n) is 11.7. The second-order valence-electron chi connectivity index (χ2n) is 4.72. The summed E-state index contributed by atoms with van der Waals surface area (Å²) in [5.41, 5.74) is 1.18. The van der Waals surface area contributed by atoms with Gasteiger partial charge in [-0.25, -0.2) is 9.97 Å². The number of piperazine rings is 1. The Balaban J connectivity index is 1.66. The molecule has 0 radical (unpaired) electrons. The molecule has 0 aromatic carbocycles. The largest absolute Gasteiger partial charge is 0.494 e. The predicted octanol–water partition coefficient (Wildman–Crippen LogP) is 1.97. The van der Waals surface area contributed by atoms with E-state index in [-0.39, 0.29) is 0 Å². The van der Waals surface area contributed by atoms with Gasteiger partial charge in [-0.3, -0.25) is 4.98 Å². The Morgan fingerprint density at radius 3 is 2.33 bits per heavy atom. The van der Waals surface area contributed by atoms with Gasteiger partial charge in [0.15, 0.2) is 5.75 Å². The minimum Gasteiger partial charge on any atom is -0.494 e. The second kappa shape index (κ2) is 6.26. The summed E-state index contributed by atoms with van der Waals surface area (Å²) in [6, 6.07) is 2.03. The Morgan fingerprint density at radius 2 is 1.71 bits per heavy atom. The van der Waals surface area contributed by atoms with Crippen molar-refractivity contribution < 1.29 is 4.74 Å². The van der Waals surface area contributed by atoms with Crippen LogP contribution in [0.4, 0.5) is 11.6 Å². The van der Waals surface area contributed by atoms with Crippen molar-refractivity contribution in [3.8, 4) is 5.75 Å². The molecular formula is C14H16BrN5O. The molecule has 0 atom stereocenters. The SMILES string of the molecule is COc1cnc(N2CCN(c3ccncc3Br)CC2)nc1. The van der Waals surface area contributed by atoms with Crippen molar-refractivity contribution in [2.45, 2.75) is 0 Å². The minimum absolute atomic E-state index is 0.679. The summed E-state index contributed by atoms with van der Waals surface area (Å²) in [6.45, 7) is 3.64. The first-order valence-electron chi connectivity index (χ1n) is 6.73. The number of anilines is 2. The predicted molar refractivity (Wildman–Crippen MR) is 84.9 cm³/mol. The van der Waals surface area contributed by atoms with E-state index in [1.165, 1.54) is 5.69 Å². The Bertz CT molecular complexity index is 599. The number of halogens is 1. The highest BCUT2D eigenvalue weighted by atomic mass is 79.9. The third-order valence-electron chi connectivity index (χ3n) is 3.50. The van der Waals surface area contributed by atoms with Gasteiger partial charge in [0.2, 0.25) is 5.95 Å². The molecule has 0 aliphatic carbocycles. The van der Waals surface area contributed by atoms with Crippen LogP contribution in [0.15, 0.2) is 35.3 Å². The molecule has 6 nitrogen and oxygen atoms in total. The average molecular weight is 350 g/mol. The minimum atomic E-state index is 0.679. The van der Waals surface area contributed by atoms with Gasteiger partial charge in [-0.2, -0.15) is 0 Å². The third kappa shape index (κ3) is 3.07. The summed E-state index contributed by atoms with van der Waals surface area (Å²) >= 11 is 3.55. The van der Waals surface area contributed by atoms with E-state index >= 15 is 0 Å². The maximum absolute atomic E-state index is 5.08. The molecule has 7 heteroatoms. The topological polar surface area (TPSA) is 54.4 Å². The number of pyridine rings is 1. The van der Waals surface area contributed by atoms with E-state index in [9.17, 15) is 0 Å². The van der Waals surface area contributed by atoms with E-state index in [0.717, 1.165) is 36.6 Å². The fraction of sp³-hybridized carbons (Fsp3) is 0.357. The number of hydrogen-bond acceptors (Lipinski definition) is 6. The normalized spacial score (nSPS) is 15.1. The zero-order valence-corrected chi connectivity index (χ0v) is 13.3. The summed E-state index contributed by atoms with van der Waals surface area (Å²) in [5, 5.41) is 0. The van der Waals surface area contributed by atoms with E-state index in [4.69, 9.17) is 4.74 Å². The quantitative estimate of drug-likeness (QED) is 0.844. The van der Waals surface area contributed by atoms with Gasteiger partial charge in [-0.15, -0.1) is 0 Å². The summed E-state index contributed by atoms with van der Waals surface area (Å²) in [6.07, 6.45) is 7.05. The Kier molecular flexibility index (Phi) is 4.19. The van der Waals surface area contributed by atoms with Crippen LogP contribution < -0.4 is 14.5 Å². The van der Waals surface area contributed by atoms with Gasteiger partial charge in [-0.1, -0.05) is 0 Å². The molecule has 110 valence electrons. The molecule has 3 heterocycles. The number of aromatic nitrogens is 3. The molecule has 0 N–H and O–H groups in total. The van der Waals surface area contributed by atoms with Crippen LogP contribution in [0.1, 0.15) is 0 Å². The number of rotatable bonds is 3. The lowest BCUT2D eigenvalue weighted by atomic mass is 10.3. The smallest absolute Gasteiger partial charge is 0.225 e. The molecule has 0 saturated carbocycles. The van der Waals surface area contributed by atoms with Gasteiger partial charge >= 0.3 is 0 Å². The first-order chi connectivity index (χ1) is 10.3. The van der Waals surface area contributed by atoms with Gasteiger partial charge in [0, 0.05) is 38.6 Å². The van der Waals surface area contributed by atoms with E-state index in [0.29, 0.717) is 5.75 Å². The van der Waals surface area contributed by atoms with Crippen molar-refractivity contribution in [2.24, 2.45) is 0 Å². The van der Waals surface area contributed by atoms with Crippen molar-refractivity contribution in [1.82, 2.24) is 15.0 Å². The maximum Gasteiger partial charge on any atom is 0.225 e. The van der Waals surface area contributed by atoms with Crippen molar-refractivity contribution in [3.05, 3.63) is 35.3 Å². The Morgan fingerprint density at radius 1 is 1.05 bits per heavy atom. The van der Waals surface area contributed by atoms with Crippen LogP contribution in [0.3, 0.4) is 0 Å². The lowest BCUT2D eigenvalue weighted by Crippen LogP contribution is -2.47.